The van der Waals surface area contributed by atoms with Crippen molar-refractivity contribution in [3.63, 3.8) is 0 Å². The van der Waals surface area contributed by atoms with Crippen LogP contribution in [0.15, 0.2) is 242 Å². The molecule has 1 aliphatic carbocycles. The van der Waals surface area contributed by atoms with Crippen LogP contribution < -0.4 is 10.2 Å². The molecule has 1 N–H and O–H groups in total. The Kier molecular flexibility index (Phi) is 8.46. The highest BCUT2D eigenvalue weighted by Crippen LogP contribution is 2.63. The van der Waals surface area contributed by atoms with Gasteiger partial charge in [-0.2, -0.15) is 0 Å². The summed E-state index contributed by atoms with van der Waals surface area (Å²) in [4.78, 5) is 7.58. The number of aliphatic imine (C=N–C) groups is 1. The fraction of sp³-hybridized carbons (Fsp3) is 0.0339. The highest BCUT2D eigenvalue weighted by atomic mass is 15.2. The molecule has 2 heterocycles. The number of nitrogens with zero attached hydrogens (tertiary/aromatic N) is 2. The summed E-state index contributed by atoms with van der Waals surface area (Å²) in [7, 11) is 0. The van der Waals surface area contributed by atoms with Gasteiger partial charge < -0.3 is 10.2 Å². The summed E-state index contributed by atoms with van der Waals surface area (Å²) < 4.78 is 0. The van der Waals surface area contributed by atoms with Gasteiger partial charge in [0.15, 0.2) is 0 Å². The molecule has 0 fully saturated rings. The van der Waals surface area contributed by atoms with Gasteiger partial charge in [0, 0.05) is 11.4 Å². The Morgan fingerprint density at radius 3 is 1.60 bits per heavy atom. The van der Waals surface area contributed by atoms with E-state index in [1.165, 1.54) is 67.0 Å². The van der Waals surface area contributed by atoms with E-state index in [-0.39, 0.29) is 6.17 Å². The number of nitrogens with one attached hydrogen (secondary N) is 1. The summed E-state index contributed by atoms with van der Waals surface area (Å²) in [5.41, 5.74) is 21.0. The fourth-order valence-electron chi connectivity index (χ4n) is 10.1. The Morgan fingerprint density at radius 2 is 0.903 bits per heavy atom. The molecule has 3 aliphatic rings. The molecular weight excluding hydrogens is 751 g/mol. The zero-order chi connectivity index (χ0) is 41.0. The largest absolute Gasteiger partial charge is 0.360 e. The van der Waals surface area contributed by atoms with E-state index in [0.29, 0.717) is 0 Å². The molecule has 3 nitrogen and oxygen atoms in total. The van der Waals surface area contributed by atoms with Crippen LogP contribution in [0.25, 0.3) is 39.1 Å². The van der Waals surface area contributed by atoms with Crippen molar-refractivity contribution in [3.05, 3.63) is 276 Å². The topological polar surface area (TPSA) is 27.6 Å². The lowest BCUT2D eigenvalue weighted by molar-refractivity contribution is 0.664. The third kappa shape index (κ3) is 5.70. The minimum Gasteiger partial charge on any atom is -0.360 e. The molecule has 9 aromatic carbocycles. The molecule has 62 heavy (non-hydrogen) atoms. The minimum absolute atomic E-state index is 0.188. The second kappa shape index (κ2) is 14.6. The van der Waals surface area contributed by atoms with Crippen LogP contribution in [0.5, 0.6) is 0 Å². The first-order valence-corrected chi connectivity index (χ1v) is 21.4. The molecule has 9 aromatic rings. The van der Waals surface area contributed by atoms with E-state index >= 15 is 0 Å². The van der Waals surface area contributed by atoms with Gasteiger partial charge in [-0.3, -0.25) is 4.99 Å². The first-order chi connectivity index (χ1) is 30.7. The standard InChI is InChI=1S/C59H41N3/c1-4-17-42(18-5-1)54-39-55(61-58(60-54)43-19-6-2-7-20-43)46-22-16-21-44(37-46)40-31-33-41(34-32-40)45-35-36-49-48-25-10-11-26-50(48)59(53(49)38-45)51-27-12-14-29-56(51)62(47-23-8-3-9-24-47)57-30-15-13-28-52(57)59/h1-39,58,61H. The third-order valence-electron chi connectivity index (χ3n) is 12.9. The van der Waals surface area contributed by atoms with Gasteiger partial charge in [-0.05, 0) is 115 Å². The first kappa shape index (κ1) is 35.9. The molecule has 12 rings (SSSR count). The number of para-hydroxylation sites is 3. The van der Waals surface area contributed by atoms with Crippen LogP contribution in [-0.2, 0) is 5.41 Å². The highest BCUT2D eigenvalue weighted by Gasteiger charge is 2.51. The maximum Gasteiger partial charge on any atom is 0.145 e. The number of hydrogen-bond donors (Lipinski definition) is 1. The Morgan fingerprint density at radius 1 is 0.387 bits per heavy atom. The maximum atomic E-state index is 5.14. The third-order valence-corrected chi connectivity index (χ3v) is 12.9. The van der Waals surface area contributed by atoms with E-state index in [4.69, 9.17) is 4.99 Å². The normalized spacial score (nSPS) is 15.4. The van der Waals surface area contributed by atoms with Crippen LogP contribution in [0, 0.1) is 0 Å². The molecular formula is C59H41N3. The lowest BCUT2D eigenvalue weighted by Gasteiger charge is -2.45. The molecule has 0 aromatic heterocycles. The Bertz CT molecular complexity index is 3160. The van der Waals surface area contributed by atoms with Gasteiger partial charge in [-0.15, -0.1) is 0 Å². The Balaban J connectivity index is 0.932. The van der Waals surface area contributed by atoms with Crippen LogP contribution in [0.3, 0.4) is 0 Å². The van der Waals surface area contributed by atoms with Gasteiger partial charge in [0.25, 0.3) is 0 Å². The highest BCUT2D eigenvalue weighted by molar-refractivity contribution is 6.13. The van der Waals surface area contributed by atoms with Gasteiger partial charge >= 0.3 is 0 Å². The van der Waals surface area contributed by atoms with Crippen LogP contribution >= 0.6 is 0 Å². The second-order valence-corrected chi connectivity index (χ2v) is 16.3. The van der Waals surface area contributed by atoms with Crippen molar-refractivity contribution in [2.24, 2.45) is 4.99 Å². The predicted molar refractivity (Wildman–Crippen MR) is 256 cm³/mol. The molecule has 2 aliphatic heterocycles. The molecule has 292 valence electrons. The van der Waals surface area contributed by atoms with Crippen LogP contribution in [0.4, 0.5) is 17.1 Å². The number of hydrogen-bond acceptors (Lipinski definition) is 3. The predicted octanol–water partition coefficient (Wildman–Crippen LogP) is 14.3. The SMILES string of the molecule is C1=C(c2cccc(-c3ccc(-c4ccc5c(c4)C4(c6ccccc6-5)c5ccccc5N(c5ccccc5)c5ccccc54)cc3)c2)NC(c2ccccc2)N=C1c1ccccc1. The van der Waals surface area contributed by atoms with Gasteiger partial charge in [-0.25, -0.2) is 0 Å². The summed E-state index contributed by atoms with van der Waals surface area (Å²) in [6.07, 6.45) is 1.99. The van der Waals surface area contributed by atoms with Crippen molar-refractivity contribution >= 4 is 28.5 Å². The molecule has 3 heteroatoms. The smallest absolute Gasteiger partial charge is 0.145 e. The van der Waals surface area contributed by atoms with Crippen LogP contribution in [0.1, 0.15) is 45.1 Å². The molecule has 0 saturated heterocycles. The summed E-state index contributed by atoms with van der Waals surface area (Å²) in [6.45, 7) is 0. The zero-order valence-electron chi connectivity index (χ0n) is 34.0. The molecule has 0 radical (unpaired) electrons. The van der Waals surface area contributed by atoms with Gasteiger partial charge in [0.2, 0.25) is 0 Å². The Hall–Kier alpha value is -8.01. The first-order valence-electron chi connectivity index (χ1n) is 21.4. The van der Waals surface area contributed by atoms with E-state index in [2.05, 4.69) is 235 Å². The van der Waals surface area contributed by atoms with E-state index in [9.17, 15) is 0 Å². The second-order valence-electron chi connectivity index (χ2n) is 16.3. The van der Waals surface area contributed by atoms with Crippen molar-refractivity contribution in [1.29, 1.82) is 0 Å². The van der Waals surface area contributed by atoms with Crippen molar-refractivity contribution in [2.45, 2.75) is 11.6 Å². The summed E-state index contributed by atoms with van der Waals surface area (Å²) >= 11 is 0. The zero-order valence-corrected chi connectivity index (χ0v) is 34.0. The lowest BCUT2D eigenvalue weighted by atomic mass is 9.64. The summed E-state index contributed by atoms with van der Waals surface area (Å²) in [5, 5.41) is 3.74. The number of fused-ring (bicyclic) bond motifs is 9. The minimum atomic E-state index is -0.493. The maximum absolute atomic E-state index is 5.14. The van der Waals surface area contributed by atoms with Crippen LogP contribution in [-0.4, -0.2) is 5.71 Å². The molecule has 1 unspecified atom stereocenters. The lowest BCUT2D eigenvalue weighted by Crippen LogP contribution is -2.36. The van der Waals surface area contributed by atoms with Crippen molar-refractivity contribution in [3.8, 4) is 33.4 Å². The van der Waals surface area contributed by atoms with Gasteiger partial charge in [-0.1, -0.05) is 194 Å². The molecule has 0 bridgehead atoms. The van der Waals surface area contributed by atoms with Crippen molar-refractivity contribution < 1.29 is 0 Å². The van der Waals surface area contributed by atoms with E-state index < -0.39 is 5.41 Å². The number of allylic oxidation sites excluding steroid dienone is 1. The van der Waals surface area contributed by atoms with Gasteiger partial charge in [0.05, 0.1) is 22.5 Å². The monoisotopic (exact) mass is 791 g/mol. The number of benzene rings is 9. The molecule has 1 spiro atoms. The van der Waals surface area contributed by atoms with Crippen molar-refractivity contribution in [1.82, 2.24) is 5.32 Å². The van der Waals surface area contributed by atoms with E-state index in [1.54, 1.807) is 0 Å². The number of anilines is 3. The van der Waals surface area contributed by atoms with Gasteiger partial charge in [0.1, 0.15) is 6.17 Å². The molecule has 0 saturated carbocycles. The van der Waals surface area contributed by atoms with E-state index in [0.717, 1.165) is 33.8 Å². The average molecular weight is 792 g/mol. The fourth-order valence-corrected chi connectivity index (χ4v) is 10.1. The molecule has 0 amide bonds. The van der Waals surface area contributed by atoms with E-state index in [1.807, 2.05) is 12.1 Å². The average Bonchev–Trinajstić information content (AvgIpc) is 3.65. The quantitative estimate of drug-likeness (QED) is 0.182. The Labute approximate surface area is 362 Å². The summed E-state index contributed by atoms with van der Waals surface area (Å²) in [6, 6.07) is 83.8. The number of rotatable bonds is 6. The molecule has 1 atom stereocenters. The summed E-state index contributed by atoms with van der Waals surface area (Å²) in [5.74, 6) is 0. The van der Waals surface area contributed by atoms with Crippen LogP contribution in [0.2, 0.25) is 0 Å². The van der Waals surface area contributed by atoms with Crippen molar-refractivity contribution in [2.75, 3.05) is 4.90 Å².